The Kier molecular flexibility index (Phi) is 9.53. The molecule has 6 nitrogen and oxygen atoms in total. The number of para-hydroxylation sites is 1. The molecule has 2 aromatic rings. The Morgan fingerprint density at radius 3 is 2.45 bits per heavy atom. The molecule has 154 valence electrons. The van der Waals surface area contributed by atoms with Gasteiger partial charge < -0.3 is 5.32 Å². The Balaban J connectivity index is 1.82. The Morgan fingerprint density at radius 2 is 1.79 bits per heavy atom. The Morgan fingerprint density at radius 1 is 1.10 bits per heavy atom. The molecular weight excluding hydrogens is 503 g/mol. The fourth-order valence-corrected chi connectivity index (χ4v) is 3.70. The minimum absolute atomic E-state index is 0.0331. The van der Waals surface area contributed by atoms with Crippen LogP contribution in [0.4, 0.5) is 11.4 Å². The van der Waals surface area contributed by atoms with Crippen molar-refractivity contribution in [3.63, 3.8) is 0 Å². The average Bonchev–Trinajstić information content (AvgIpc) is 2.72. The van der Waals surface area contributed by atoms with Crippen molar-refractivity contribution >= 4 is 57.7 Å². The molecule has 0 aromatic heterocycles. The number of nitrogens with zero attached hydrogens (tertiary/aromatic N) is 2. The summed E-state index contributed by atoms with van der Waals surface area (Å²) in [4.78, 5) is 23.5. The zero-order valence-corrected chi connectivity index (χ0v) is 19.2. The molecule has 0 heterocycles. The lowest BCUT2D eigenvalue weighted by Crippen LogP contribution is -2.21. The summed E-state index contributed by atoms with van der Waals surface area (Å²) in [6.07, 6.45) is 3.74. The first-order chi connectivity index (χ1) is 13.9. The third kappa shape index (κ3) is 7.40. The van der Waals surface area contributed by atoms with Crippen LogP contribution in [0.5, 0.6) is 0 Å². The monoisotopic (exact) mass is 526 g/mol. The molecule has 2 N–H and O–H groups in total. The highest BCUT2D eigenvalue weighted by atomic mass is 127. The highest BCUT2D eigenvalue weighted by molar-refractivity contribution is 14.1. The standard InChI is InChI=1S/C21H24ClIN4O2/c1-15-7-6-8-18(22)20(15)25-17-12-10-16(11-13-17)21(29)27(23)14-5-3-2-4-9-19(28)26-24/h6-8,10-13,24-25H,2-5,9,14H2,1H3. The maximum absolute atomic E-state index is 12.6. The zero-order chi connectivity index (χ0) is 21.2. The first kappa shape index (κ1) is 23.3. The van der Waals surface area contributed by atoms with Crippen LogP contribution in [-0.4, -0.2) is 21.5 Å². The van der Waals surface area contributed by atoms with E-state index in [1.165, 1.54) is 0 Å². The smallest absolute Gasteiger partial charge is 0.264 e. The SMILES string of the molecule is Cc1cccc(Cl)c1Nc1ccc(C(=O)N(I)CCCCCCC(=O)N=N)cc1. The summed E-state index contributed by atoms with van der Waals surface area (Å²) in [7, 11) is 0. The van der Waals surface area contributed by atoms with Crippen LogP contribution in [-0.2, 0) is 4.79 Å². The van der Waals surface area contributed by atoms with Gasteiger partial charge >= 0.3 is 0 Å². The largest absolute Gasteiger partial charge is 0.354 e. The maximum atomic E-state index is 12.6. The van der Waals surface area contributed by atoms with E-state index in [0.29, 0.717) is 23.6 Å². The van der Waals surface area contributed by atoms with Gasteiger partial charge in [-0.1, -0.05) is 36.6 Å². The van der Waals surface area contributed by atoms with E-state index in [-0.39, 0.29) is 11.8 Å². The molecule has 0 saturated heterocycles. The topological polar surface area (TPSA) is 85.6 Å². The van der Waals surface area contributed by atoms with Crippen molar-refractivity contribution in [2.24, 2.45) is 5.11 Å². The van der Waals surface area contributed by atoms with Crippen LogP contribution < -0.4 is 5.32 Å². The van der Waals surface area contributed by atoms with Gasteiger partial charge in [0.25, 0.3) is 11.8 Å². The lowest BCUT2D eigenvalue weighted by Gasteiger charge is -2.15. The van der Waals surface area contributed by atoms with Gasteiger partial charge in [0.1, 0.15) is 0 Å². The molecular formula is C21H24ClIN4O2. The summed E-state index contributed by atoms with van der Waals surface area (Å²) in [5, 5.41) is 6.83. The Hall–Kier alpha value is -2.00. The van der Waals surface area contributed by atoms with E-state index in [0.717, 1.165) is 42.6 Å². The molecule has 0 spiro atoms. The molecule has 2 amide bonds. The molecule has 2 aromatic carbocycles. The summed E-state index contributed by atoms with van der Waals surface area (Å²) < 4.78 is 1.68. The minimum atomic E-state index is -0.377. The average molecular weight is 527 g/mol. The number of amides is 2. The van der Waals surface area contributed by atoms with Crippen LogP contribution in [0.25, 0.3) is 0 Å². The van der Waals surface area contributed by atoms with Gasteiger partial charge in [-0.2, -0.15) is 0 Å². The van der Waals surface area contributed by atoms with Gasteiger partial charge in [0.15, 0.2) is 0 Å². The van der Waals surface area contributed by atoms with E-state index < -0.39 is 0 Å². The van der Waals surface area contributed by atoms with E-state index in [1.807, 2.05) is 60.1 Å². The normalized spacial score (nSPS) is 10.4. The van der Waals surface area contributed by atoms with Crippen molar-refractivity contribution in [1.82, 2.24) is 3.11 Å². The molecule has 0 fully saturated rings. The third-order valence-electron chi connectivity index (χ3n) is 4.46. The molecule has 0 atom stereocenters. The molecule has 0 aliphatic heterocycles. The van der Waals surface area contributed by atoms with Gasteiger partial charge in [0.2, 0.25) is 0 Å². The first-order valence-electron chi connectivity index (χ1n) is 9.42. The zero-order valence-electron chi connectivity index (χ0n) is 16.3. The predicted molar refractivity (Wildman–Crippen MR) is 124 cm³/mol. The third-order valence-corrected chi connectivity index (χ3v) is 5.70. The molecule has 0 radical (unpaired) electrons. The second-order valence-electron chi connectivity index (χ2n) is 6.69. The van der Waals surface area contributed by atoms with Crippen LogP contribution in [0.2, 0.25) is 5.02 Å². The summed E-state index contributed by atoms with van der Waals surface area (Å²) in [6, 6.07) is 13.1. The number of hydrogen-bond donors (Lipinski definition) is 2. The summed E-state index contributed by atoms with van der Waals surface area (Å²) in [6.45, 7) is 2.64. The number of aryl methyl sites for hydroxylation is 1. The molecule has 0 aliphatic carbocycles. The number of halogens is 2. The second-order valence-corrected chi connectivity index (χ2v) is 8.27. The van der Waals surface area contributed by atoms with Crippen molar-refractivity contribution in [2.45, 2.75) is 39.0 Å². The van der Waals surface area contributed by atoms with Gasteiger partial charge in [-0.15, -0.1) is 5.11 Å². The van der Waals surface area contributed by atoms with Gasteiger partial charge in [-0.25, -0.2) is 5.53 Å². The second kappa shape index (κ2) is 11.9. The van der Waals surface area contributed by atoms with Crippen LogP contribution >= 0.6 is 34.5 Å². The maximum Gasteiger partial charge on any atom is 0.264 e. The van der Waals surface area contributed by atoms with E-state index in [1.54, 1.807) is 15.2 Å². The van der Waals surface area contributed by atoms with Crippen LogP contribution in [0, 0.1) is 12.5 Å². The van der Waals surface area contributed by atoms with Gasteiger partial charge in [0.05, 0.1) is 33.6 Å². The molecule has 0 unspecified atom stereocenters. The molecule has 29 heavy (non-hydrogen) atoms. The summed E-state index contributed by atoms with van der Waals surface area (Å²) in [5.41, 5.74) is 10.0. The minimum Gasteiger partial charge on any atom is -0.354 e. The summed E-state index contributed by atoms with van der Waals surface area (Å²) in [5.74, 6) is -0.410. The van der Waals surface area contributed by atoms with Crippen molar-refractivity contribution in [3.05, 3.63) is 58.6 Å². The number of hydrogen-bond acceptors (Lipinski definition) is 4. The van der Waals surface area contributed by atoms with E-state index in [9.17, 15) is 9.59 Å². The highest BCUT2D eigenvalue weighted by Gasteiger charge is 2.13. The number of unbranched alkanes of at least 4 members (excludes halogenated alkanes) is 3. The molecule has 2 rings (SSSR count). The lowest BCUT2D eigenvalue weighted by molar-refractivity contribution is -0.118. The van der Waals surface area contributed by atoms with Crippen molar-refractivity contribution in [3.8, 4) is 0 Å². The first-order valence-corrected chi connectivity index (χ1v) is 10.8. The van der Waals surface area contributed by atoms with Crippen molar-refractivity contribution < 1.29 is 9.59 Å². The predicted octanol–water partition coefficient (Wildman–Crippen LogP) is 6.69. The van der Waals surface area contributed by atoms with E-state index in [2.05, 4.69) is 10.4 Å². The van der Waals surface area contributed by atoms with Crippen molar-refractivity contribution in [2.75, 3.05) is 11.9 Å². The number of rotatable bonds is 10. The Labute approximate surface area is 190 Å². The molecule has 0 bridgehead atoms. The van der Waals surface area contributed by atoms with E-state index in [4.69, 9.17) is 17.1 Å². The Bertz CT molecular complexity index is 838. The summed E-state index contributed by atoms with van der Waals surface area (Å²) >= 11 is 8.29. The lowest BCUT2D eigenvalue weighted by atomic mass is 10.1. The van der Waals surface area contributed by atoms with Gasteiger partial charge in [-0.05, 0) is 55.7 Å². The number of carbonyl (C=O) groups excluding carboxylic acids is 2. The quantitative estimate of drug-likeness (QED) is 0.156. The molecule has 8 heteroatoms. The molecule has 0 aliphatic rings. The number of benzene rings is 2. The van der Waals surface area contributed by atoms with Crippen LogP contribution in [0.3, 0.4) is 0 Å². The fraction of sp³-hybridized carbons (Fsp3) is 0.333. The highest BCUT2D eigenvalue weighted by Crippen LogP contribution is 2.29. The number of carbonyl (C=O) groups is 2. The number of nitrogens with one attached hydrogen (secondary N) is 2. The van der Waals surface area contributed by atoms with Gasteiger partial charge in [0, 0.05) is 24.2 Å². The molecule has 0 saturated carbocycles. The number of anilines is 2. The van der Waals surface area contributed by atoms with Crippen molar-refractivity contribution in [1.29, 1.82) is 5.53 Å². The van der Waals surface area contributed by atoms with Crippen LogP contribution in [0.1, 0.15) is 48.0 Å². The van der Waals surface area contributed by atoms with E-state index >= 15 is 0 Å². The van der Waals surface area contributed by atoms with Crippen LogP contribution in [0.15, 0.2) is 47.6 Å². The fourth-order valence-electron chi connectivity index (χ4n) is 2.81. The van der Waals surface area contributed by atoms with Gasteiger partial charge in [-0.3, -0.25) is 12.7 Å².